The van der Waals surface area contributed by atoms with Crippen molar-refractivity contribution in [2.45, 2.75) is 52.5 Å². The van der Waals surface area contributed by atoms with Crippen molar-refractivity contribution in [3.8, 4) is 0 Å². The smallest absolute Gasteiger partial charge is 0.325 e. The van der Waals surface area contributed by atoms with Crippen molar-refractivity contribution in [3.05, 3.63) is 0 Å². The SMILES string of the molecule is CCOC(=O)CN(C(=O)CCC1CCNCC1)C(C)C. The summed E-state index contributed by atoms with van der Waals surface area (Å²) in [6.45, 7) is 8.16. The van der Waals surface area contributed by atoms with Crippen molar-refractivity contribution in [2.24, 2.45) is 5.92 Å². The fourth-order valence-corrected chi connectivity index (χ4v) is 2.55. The lowest BCUT2D eigenvalue weighted by Gasteiger charge is -2.27. The number of rotatable bonds is 7. The molecular formula is C15H28N2O3. The standard InChI is InChI=1S/C15H28N2O3/c1-4-20-15(19)11-17(12(2)3)14(18)6-5-13-7-9-16-10-8-13/h12-13,16H,4-11H2,1-3H3. The first-order valence-electron chi connectivity index (χ1n) is 7.70. The normalized spacial score (nSPS) is 16.2. The number of piperidine rings is 1. The lowest BCUT2D eigenvalue weighted by Crippen LogP contribution is -2.41. The number of ether oxygens (including phenoxy) is 1. The predicted molar refractivity (Wildman–Crippen MR) is 78.3 cm³/mol. The highest BCUT2D eigenvalue weighted by Gasteiger charge is 2.22. The van der Waals surface area contributed by atoms with E-state index < -0.39 is 0 Å². The van der Waals surface area contributed by atoms with Crippen molar-refractivity contribution in [2.75, 3.05) is 26.2 Å². The maximum atomic E-state index is 12.3. The monoisotopic (exact) mass is 284 g/mol. The Labute approximate surface area is 122 Å². The van der Waals surface area contributed by atoms with Gasteiger partial charge in [0.1, 0.15) is 6.54 Å². The van der Waals surface area contributed by atoms with Crippen LogP contribution in [0.3, 0.4) is 0 Å². The molecular weight excluding hydrogens is 256 g/mol. The number of amides is 1. The molecule has 0 aromatic rings. The van der Waals surface area contributed by atoms with Gasteiger partial charge in [-0.25, -0.2) is 0 Å². The van der Waals surface area contributed by atoms with E-state index in [0.717, 1.165) is 32.4 Å². The summed E-state index contributed by atoms with van der Waals surface area (Å²) >= 11 is 0. The molecule has 0 saturated carbocycles. The number of carbonyl (C=O) groups is 2. The molecule has 0 spiro atoms. The highest BCUT2D eigenvalue weighted by atomic mass is 16.5. The molecule has 0 unspecified atom stereocenters. The first-order valence-corrected chi connectivity index (χ1v) is 7.70. The van der Waals surface area contributed by atoms with Crippen molar-refractivity contribution in [3.63, 3.8) is 0 Å². The van der Waals surface area contributed by atoms with Crippen LogP contribution in [0.1, 0.15) is 46.5 Å². The van der Waals surface area contributed by atoms with Gasteiger partial charge in [0.25, 0.3) is 0 Å². The first-order chi connectivity index (χ1) is 9.54. The number of carbonyl (C=O) groups excluding carboxylic acids is 2. The summed E-state index contributed by atoms with van der Waals surface area (Å²) in [6, 6.07) is 0.0277. The Morgan fingerprint density at radius 2 is 1.95 bits per heavy atom. The zero-order valence-corrected chi connectivity index (χ0v) is 13.0. The minimum atomic E-state index is -0.323. The molecule has 0 aliphatic carbocycles. The van der Waals surface area contributed by atoms with Gasteiger partial charge >= 0.3 is 5.97 Å². The fraction of sp³-hybridized carbons (Fsp3) is 0.867. The highest BCUT2D eigenvalue weighted by Crippen LogP contribution is 2.18. The molecule has 0 aromatic heterocycles. The topological polar surface area (TPSA) is 58.6 Å². The van der Waals surface area contributed by atoms with Crippen LogP contribution in [0, 0.1) is 5.92 Å². The number of hydrogen-bond acceptors (Lipinski definition) is 4. The maximum absolute atomic E-state index is 12.3. The average Bonchev–Trinajstić information content (AvgIpc) is 2.43. The summed E-state index contributed by atoms with van der Waals surface area (Å²) in [5, 5.41) is 3.33. The first kappa shape index (κ1) is 17.0. The maximum Gasteiger partial charge on any atom is 0.325 e. The third-order valence-corrected chi connectivity index (χ3v) is 3.77. The van der Waals surface area contributed by atoms with Gasteiger partial charge in [-0.3, -0.25) is 9.59 Å². The van der Waals surface area contributed by atoms with Crippen molar-refractivity contribution < 1.29 is 14.3 Å². The van der Waals surface area contributed by atoms with E-state index in [1.165, 1.54) is 0 Å². The molecule has 20 heavy (non-hydrogen) atoms. The molecule has 116 valence electrons. The average molecular weight is 284 g/mol. The van der Waals surface area contributed by atoms with Gasteiger partial charge in [-0.15, -0.1) is 0 Å². The summed E-state index contributed by atoms with van der Waals surface area (Å²) in [5.74, 6) is 0.375. The van der Waals surface area contributed by atoms with Gasteiger partial charge in [0, 0.05) is 12.5 Å². The zero-order chi connectivity index (χ0) is 15.0. The van der Waals surface area contributed by atoms with E-state index in [1.807, 2.05) is 13.8 Å². The van der Waals surface area contributed by atoms with Crippen LogP contribution < -0.4 is 5.32 Å². The van der Waals surface area contributed by atoms with Gasteiger partial charge in [-0.05, 0) is 59.0 Å². The van der Waals surface area contributed by atoms with E-state index in [-0.39, 0.29) is 24.5 Å². The van der Waals surface area contributed by atoms with Crippen LogP contribution in [0.25, 0.3) is 0 Å². The molecule has 1 aliphatic rings. The molecule has 1 saturated heterocycles. The second-order valence-electron chi connectivity index (χ2n) is 5.65. The molecule has 5 nitrogen and oxygen atoms in total. The fourth-order valence-electron chi connectivity index (χ4n) is 2.55. The van der Waals surface area contributed by atoms with Crippen LogP contribution in [-0.2, 0) is 14.3 Å². The van der Waals surface area contributed by atoms with E-state index in [4.69, 9.17) is 4.74 Å². The van der Waals surface area contributed by atoms with Gasteiger partial charge in [0.2, 0.25) is 5.91 Å². The largest absolute Gasteiger partial charge is 0.465 e. The highest BCUT2D eigenvalue weighted by molar-refractivity contribution is 5.82. The molecule has 1 amide bonds. The Bertz CT molecular complexity index is 312. The van der Waals surface area contributed by atoms with Gasteiger partial charge in [-0.1, -0.05) is 0 Å². The van der Waals surface area contributed by atoms with Crippen LogP contribution >= 0.6 is 0 Å². The van der Waals surface area contributed by atoms with Gasteiger partial charge in [-0.2, -0.15) is 0 Å². The van der Waals surface area contributed by atoms with Crippen molar-refractivity contribution in [1.29, 1.82) is 0 Å². The van der Waals surface area contributed by atoms with E-state index in [9.17, 15) is 9.59 Å². The van der Waals surface area contributed by atoms with Crippen LogP contribution in [0.15, 0.2) is 0 Å². The van der Waals surface area contributed by atoms with E-state index in [2.05, 4.69) is 5.32 Å². The lowest BCUT2D eigenvalue weighted by atomic mass is 9.93. The number of hydrogen-bond donors (Lipinski definition) is 1. The Morgan fingerprint density at radius 1 is 1.30 bits per heavy atom. The summed E-state index contributed by atoms with van der Waals surface area (Å²) in [4.78, 5) is 25.4. The molecule has 5 heteroatoms. The molecule has 0 atom stereocenters. The summed E-state index contributed by atoms with van der Waals surface area (Å²) in [6.07, 6.45) is 3.74. The zero-order valence-electron chi connectivity index (χ0n) is 13.0. The molecule has 0 aromatic carbocycles. The molecule has 1 rings (SSSR count). The van der Waals surface area contributed by atoms with E-state index in [1.54, 1.807) is 11.8 Å². The quantitative estimate of drug-likeness (QED) is 0.721. The van der Waals surface area contributed by atoms with Crippen LogP contribution in [-0.4, -0.2) is 49.1 Å². The van der Waals surface area contributed by atoms with Gasteiger partial charge in [0.05, 0.1) is 6.61 Å². The summed E-state index contributed by atoms with van der Waals surface area (Å²) in [5.41, 5.74) is 0. The third kappa shape index (κ3) is 5.90. The Hall–Kier alpha value is -1.10. The predicted octanol–water partition coefficient (Wildman–Crippen LogP) is 1.57. The van der Waals surface area contributed by atoms with Crippen molar-refractivity contribution >= 4 is 11.9 Å². The Balaban J connectivity index is 2.40. The van der Waals surface area contributed by atoms with E-state index >= 15 is 0 Å². The molecule has 1 N–H and O–H groups in total. The summed E-state index contributed by atoms with van der Waals surface area (Å²) in [7, 11) is 0. The number of nitrogens with zero attached hydrogens (tertiary/aromatic N) is 1. The Morgan fingerprint density at radius 3 is 2.50 bits per heavy atom. The minimum absolute atomic E-state index is 0.0277. The second-order valence-corrected chi connectivity index (χ2v) is 5.65. The molecule has 1 heterocycles. The molecule has 0 radical (unpaired) electrons. The Kier molecular flexibility index (Phi) is 7.59. The minimum Gasteiger partial charge on any atom is -0.465 e. The van der Waals surface area contributed by atoms with Crippen molar-refractivity contribution in [1.82, 2.24) is 10.2 Å². The summed E-state index contributed by atoms with van der Waals surface area (Å²) < 4.78 is 4.93. The third-order valence-electron chi connectivity index (χ3n) is 3.77. The second kappa shape index (κ2) is 8.95. The molecule has 1 aliphatic heterocycles. The lowest BCUT2D eigenvalue weighted by molar-refractivity contribution is -0.150. The van der Waals surface area contributed by atoms with E-state index in [0.29, 0.717) is 18.9 Å². The van der Waals surface area contributed by atoms with Crippen LogP contribution in [0.5, 0.6) is 0 Å². The van der Waals surface area contributed by atoms with Gasteiger partial charge < -0.3 is 15.0 Å². The van der Waals surface area contributed by atoms with Crippen LogP contribution in [0.2, 0.25) is 0 Å². The van der Waals surface area contributed by atoms with Crippen LogP contribution in [0.4, 0.5) is 0 Å². The number of esters is 1. The number of nitrogens with one attached hydrogen (secondary N) is 1. The van der Waals surface area contributed by atoms with Gasteiger partial charge in [0.15, 0.2) is 0 Å². The molecule has 1 fully saturated rings. The molecule has 0 bridgehead atoms.